The summed E-state index contributed by atoms with van der Waals surface area (Å²) in [5.41, 5.74) is -0.0832. The van der Waals surface area contributed by atoms with E-state index in [1.807, 2.05) is 30.3 Å². The number of hydrogen-bond donors (Lipinski definition) is 1. The number of rotatable bonds is 4. The van der Waals surface area contributed by atoms with Crippen LogP contribution in [0.3, 0.4) is 0 Å². The zero-order valence-corrected chi connectivity index (χ0v) is 14.2. The van der Waals surface area contributed by atoms with Crippen LogP contribution in [0.2, 0.25) is 5.15 Å². The van der Waals surface area contributed by atoms with Crippen LogP contribution in [-0.4, -0.2) is 17.6 Å². The van der Waals surface area contributed by atoms with Gasteiger partial charge >= 0.3 is 12.3 Å². The second-order valence-corrected chi connectivity index (χ2v) is 5.46. The highest BCUT2D eigenvalue weighted by atomic mass is 35.5. The van der Waals surface area contributed by atoms with Crippen molar-refractivity contribution in [2.45, 2.75) is 19.2 Å². The third-order valence-electron chi connectivity index (χ3n) is 3.11. The van der Waals surface area contributed by atoms with Crippen LogP contribution in [0.4, 0.5) is 18.0 Å². The molecule has 1 aromatic heterocycles. The summed E-state index contributed by atoms with van der Waals surface area (Å²) in [6.07, 6.45) is -3.79. The lowest BCUT2D eigenvalue weighted by atomic mass is 10.2. The molecule has 0 bridgehead atoms. The van der Waals surface area contributed by atoms with Crippen LogP contribution in [0, 0.1) is 11.8 Å². The lowest BCUT2D eigenvalue weighted by molar-refractivity contribution is -0.137. The molecule has 0 fully saturated rings. The maximum atomic E-state index is 12.7. The van der Waals surface area contributed by atoms with E-state index >= 15 is 0 Å². The van der Waals surface area contributed by atoms with Gasteiger partial charge in [0.2, 0.25) is 0 Å². The van der Waals surface area contributed by atoms with Gasteiger partial charge in [0.1, 0.15) is 11.8 Å². The lowest BCUT2D eigenvalue weighted by Crippen LogP contribution is -2.24. The summed E-state index contributed by atoms with van der Waals surface area (Å²) in [6.45, 7) is 0.350. The van der Waals surface area contributed by atoms with Gasteiger partial charge in [-0.1, -0.05) is 53.8 Å². The molecular formula is C18H14ClF3N2O2. The number of halogens is 4. The number of amides is 1. The van der Waals surface area contributed by atoms with E-state index in [0.29, 0.717) is 0 Å². The molecular weight excluding hydrogens is 369 g/mol. The average Bonchev–Trinajstić information content (AvgIpc) is 2.61. The van der Waals surface area contributed by atoms with Gasteiger partial charge in [-0.05, 0) is 11.6 Å². The minimum absolute atomic E-state index is 0.0911. The summed E-state index contributed by atoms with van der Waals surface area (Å²) in [7, 11) is 0. The molecule has 0 unspecified atom stereocenters. The lowest BCUT2D eigenvalue weighted by Gasteiger charge is -2.07. The Kier molecular flexibility index (Phi) is 6.87. The second kappa shape index (κ2) is 9.11. The molecule has 0 radical (unpaired) electrons. The van der Waals surface area contributed by atoms with Crippen LogP contribution in [0.15, 0.2) is 42.6 Å². The zero-order valence-electron chi connectivity index (χ0n) is 13.4. The van der Waals surface area contributed by atoms with E-state index in [-0.39, 0.29) is 25.1 Å². The molecule has 0 aliphatic rings. The first-order valence-corrected chi connectivity index (χ1v) is 7.90. The van der Waals surface area contributed by atoms with E-state index in [2.05, 4.69) is 22.1 Å². The molecule has 1 heterocycles. The molecule has 0 atom stereocenters. The highest BCUT2D eigenvalue weighted by Gasteiger charge is 2.34. The van der Waals surface area contributed by atoms with Gasteiger partial charge in [0.15, 0.2) is 0 Å². The number of benzene rings is 1. The van der Waals surface area contributed by atoms with Gasteiger partial charge in [0, 0.05) is 24.7 Å². The number of alkyl carbamates (subject to hydrolysis) is 1. The molecule has 1 amide bonds. The minimum Gasteiger partial charge on any atom is -0.445 e. The second-order valence-electron chi connectivity index (χ2n) is 5.10. The molecule has 1 N–H and O–H groups in total. The summed E-state index contributed by atoms with van der Waals surface area (Å²) in [5.74, 6) is 5.21. The first kappa shape index (κ1) is 19.6. The molecule has 0 aliphatic carbocycles. The number of carbonyl (C=O) groups is 1. The molecule has 0 saturated carbocycles. The molecule has 26 heavy (non-hydrogen) atoms. The summed E-state index contributed by atoms with van der Waals surface area (Å²) < 4.78 is 43.2. The predicted molar refractivity (Wildman–Crippen MR) is 90.4 cm³/mol. The largest absolute Gasteiger partial charge is 0.445 e. The Hall–Kier alpha value is -2.72. The van der Waals surface area contributed by atoms with Crippen molar-refractivity contribution >= 4 is 17.7 Å². The first-order chi connectivity index (χ1) is 12.4. The molecule has 1 aromatic carbocycles. The third kappa shape index (κ3) is 6.30. The highest BCUT2D eigenvalue weighted by molar-refractivity contribution is 6.30. The van der Waals surface area contributed by atoms with Crippen molar-refractivity contribution in [3.63, 3.8) is 0 Å². The van der Waals surface area contributed by atoms with Crippen molar-refractivity contribution in [1.29, 1.82) is 0 Å². The summed E-state index contributed by atoms with van der Waals surface area (Å²) in [5, 5.41) is 1.88. The van der Waals surface area contributed by atoms with E-state index < -0.39 is 23.0 Å². The molecule has 8 heteroatoms. The van der Waals surface area contributed by atoms with Crippen molar-refractivity contribution in [1.82, 2.24) is 10.3 Å². The van der Waals surface area contributed by atoms with Crippen molar-refractivity contribution in [2.24, 2.45) is 0 Å². The first-order valence-electron chi connectivity index (χ1n) is 7.52. The highest BCUT2D eigenvalue weighted by Crippen LogP contribution is 2.33. The number of nitrogens with zero attached hydrogens (tertiary/aromatic N) is 1. The smallest absolute Gasteiger partial charge is 0.419 e. The van der Waals surface area contributed by atoms with E-state index in [1.54, 1.807) is 0 Å². The Bertz CT molecular complexity index is 815. The Labute approximate surface area is 153 Å². The van der Waals surface area contributed by atoms with E-state index in [4.69, 9.17) is 16.3 Å². The standard InChI is InChI=1S/C18H14ClF3N2O2/c19-16-15(18(20,21)22)10-14(11-24-16)8-4-5-9-23-17(25)26-12-13-6-2-1-3-7-13/h1-3,6-7,10-11H,5,9,12H2,(H,23,25). The normalized spacial score (nSPS) is 10.6. The number of pyridine rings is 1. The molecule has 0 saturated heterocycles. The van der Waals surface area contributed by atoms with Gasteiger partial charge < -0.3 is 10.1 Å². The maximum Gasteiger partial charge on any atom is 0.419 e. The van der Waals surface area contributed by atoms with Gasteiger partial charge in [-0.25, -0.2) is 9.78 Å². The van der Waals surface area contributed by atoms with E-state index in [9.17, 15) is 18.0 Å². The third-order valence-corrected chi connectivity index (χ3v) is 3.41. The monoisotopic (exact) mass is 382 g/mol. The Morgan fingerprint density at radius 3 is 2.69 bits per heavy atom. The molecule has 2 rings (SSSR count). The minimum atomic E-state index is -4.59. The average molecular weight is 383 g/mol. The fraction of sp³-hybridized carbons (Fsp3) is 0.222. The Balaban J connectivity index is 1.77. The number of nitrogens with one attached hydrogen (secondary N) is 1. The Morgan fingerprint density at radius 1 is 1.27 bits per heavy atom. The summed E-state index contributed by atoms with van der Waals surface area (Å²) in [6, 6.07) is 10.0. The quantitative estimate of drug-likeness (QED) is 0.484. The van der Waals surface area contributed by atoms with Crippen LogP contribution in [0.25, 0.3) is 0 Å². The number of ether oxygens (including phenoxy) is 1. The number of carbonyl (C=O) groups excluding carboxylic acids is 1. The predicted octanol–water partition coefficient (Wildman–Crippen LogP) is 4.42. The molecule has 0 aliphatic heterocycles. The van der Waals surface area contributed by atoms with Gasteiger partial charge in [-0.15, -0.1) is 0 Å². The zero-order chi connectivity index (χ0) is 19.0. The van der Waals surface area contributed by atoms with E-state index in [1.165, 1.54) is 0 Å². The van der Waals surface area contributed by atoms with Crippen LogP contribution in [0.1, 0.15) is 23.1 Å². The topological polar surface area (TPSA) is 51.2 Å². The van der Waals surface area contributed by atoms with Gasteiger partial charge in [0.25, 0.3) is 0 Å². The van der Waals surface area contributed by atoms with Crippen LogP contribution >= 0.6 is 11.6 Å². The van der Waals surface area contributed by atoms with Crippen molar-refractivity contribution < 1.29 is 22.7 Å². The fourth-order valence-corrected chi connectivity index (χ4v) is 2.09. The molecule has 0 spiro atoms. The molecule has 4 nitrogen and oxygen atoms in total. The number of hydrogen-bond acceptors (Lipinski definition) is 3. The van der Waals surface area contributed by atoms with Crippen LogP contribution in [0.5, 0.6) is 0 Å². The fourth-order valence-electron chi connectivity index (χ4n) is 1.88. The van der Waals surface area contributed by atoms with Crippen molar-refractivity contribution in [3.8, 4) is 11.8 Å². The number of alkyl halides is 3. The van der Waals surface area contributed by atoms with Crippen molar-refractivity contribution in [2.75, 3.05) is 6.54 Å². The van der Waals surface area contributed by atoms with Gasteiger partial charge in [-0.2, -0.15) is 13.2 Å². The summed E-state index contributed by atoms with van der Waals surface area (Å²) in [4.78, 5) is 15.0. The molecule has 136 valence electrons. The molecule has 2 aromatic rings. The van der Waals surface area contributed by atoms with Crippen LogP contribution in [-0.2, 0) is 17.5 Å². The van der Waals surface area contributed by atoms with Crippen molar-refractivity contribution in [3.05, 3.63) is 64.4 Å². The maximum absolute atomic E-state index is 12.7. The van der Waals surface area contributed by atoms with Gasteiger partial charge in [0.05, 0.1) is 5.56 Å². The van der Waals surface area contributed by atoms with Crippen LogP contribution < -0.4 is 5.32 Å². The van der Waals surface area contributed by atoms with E-state index in [0.717, 1.165) is 17.8 Å². The van der Waals surface area contributed by atoms with Gasteiger partial charge in [-0.3, -0.25) is 0 Å². The Morgan fingerprint density at radius 2 is 2.00 bits per heavy atom. The number of aromatic nitrogens is 1. The SMILES string of the molecule is O=C(NCCC#Cc1cnc(Cl)c(C(F)(F)F)c1)OCc1ccccc1. The summed E-state index contributed by atoms with van der Waals surface area (Å²) >= 11 is 5.43.